The average Bonchev–Trinajstić information content (AvgIpc) is 0.722. The van der Waals surface area contributed by atoms with E-state index in [1.807, 2.05) is 0 Å². The molecule has 0 amide bonds. The first-order valence-electron chi connectivity index (χ1n) is 0.667. The Morgan fingerprint density at radius 3 is 1.12 bits per heavy atom. The van der Waals surface area contributed by atoms with Crippen molar-refractivity contribution in [2.75, 3.05) is 0 Å². The summed E-state index contributed by atoms with van der Waals surface area (Å²) < 4.78 is 34.1. The summed E-state index contributed by atoms with van der Waals surface area (Å²) in [4.78, 5) is 0. The van der Waals surface area contributed by atoms with Gasteiger partial charge in [-0.3, -0.25) is 8.42 Å². The molecule has 0 aromatic rings. The molecule has 0 aliphatic carbocycles. The molecule has 40 valence electrons. The topological polar surface area (TPSA) is 109 Å². The van der Waals surface area contributed by atoms with Crippen LogP contribution in [0.25, 0.3) is 0 Å². The monoisotopic (exact) mass is 179 g/mol. The van der Waals surface area contributed by atoms with Gasteiger partial charge >= 0.3 is 55.1 Å². The van der Waals surface area contributed by atoms with Crippen LogP contribution in [0.3, 0.4) is 0 Å². The molecule has 0 aromatic heterocycles. The molecule has 0 aliphatic rings. The molecule has 0 bridgehead atoms. The Morgan fingerprint density at radius 1 is 1.12 bits per heavy atom. The van der Waals surface area contributed by atoms with Gasteiger partial charge in [-0.1, -0.05) is 0 Å². The summed E-state index contributed by atoms with van der Waals surface area (Å²) >= 11 is 0. The van der Waals surface area contributed by atoms with Crippen LogP contribution in [-0.4, -0.2) is 72.6 Å². The quantitative estimate of drug-likeness (QED) is 0.238. The largest absolute Gasteiger partial charge is 3.00 e. The van der Waals surface area contributed by atoms with Crippen LogP contribution in [0.4, 0.5) is 0 Å². The van der Waals surface area contributed by atoms with E-state index in [1.165, 1.54) is 0 Å². The van der Waals surface area contributed by atoms with Gasteiger partial charge in [-0.25, -0.2) is 0 Å². The van der Waals surface area contributed by atoms with Crippen LogP contribution < -0.4 is 0 Å². The van der Waals surface area contributed by atoms with Crippen molar-refractivity contribution < 1.29 is 23.0 Å². The average molecular weight is 179 g/mol. The molecule has 0 saturated heterocycles. The van der Waals surface area contributed by atoms with Gasteiger partial charge in [-0.05, 0) is 0 Å². The summed E-state index contributed by atoms with van der Waals surface area (Å²) in [6, 6.07) is 0. The molecule has 0 aromatic carbocycles. The molecule has 0 N–H and O–H groups in total. The van der Waals surface area contributed by atoms with Crippen molar-refractivity contribution in [1.82, 2.24) is 0 Å². The van der Waals surface area contributed by atoms with E-state index in [-0.39, 0.29) is 60.6 Å². The minimum atomic E-state index is -5.17. The Hall–Kier alpha value is 1.62. The van der Waals surface area contributed by atoms with E-state index in [4.69, 9.17) is 17.5 Å². The van der Waals surface area contributed by atoms with Crippen LogP contribution in [0.15, 0.2) is 0 Å². The molecule has 0 aliphatic heterocycles. The third kappa shape index (κ3) is 127. The molecule has 0 atom stereocenters. The molecule has 0 saturated carbocycles. The van der Waals surface area contributed by atoms with Crippen molar-refractivity contribution in [3.63, 3.8) is 0 Å². The van der Waals surface area contributed by atoms with Gasteiger partial charge in [-0.15, -0.1) is 0 Å². The number of hydrogen-bond acceptors (Lipinski definition) is 4. The minimum absolute atomic E-state index is 0. The Morgan fingerprint density at radius 2 is 1.12 bits per heavy atom. The van der Waals surface area contributed by atoms with Crippen molar-refractivity contribution in [3.8, 4) is 0 Å². The third-order valence-electron chi connectivity index (χ3n) is 0. The first kappa shape index (κ1) is 22.6. The predicted octanol–water partition coefficient (Wildman–Crippen LogP) is -2.22. The van der Waals surface area contributed by atoms with Crippen LogP contribution in [0, 0.1) is 0 Å². The number of rotatable bonds is 0. The van der Waals surface area contributed by atoms with E-state index in [1.54, 1.807) is 0 Å². The molecular weight excluding hydrogens is 179 g/mol. The SMILES string of the molecule is O=S(=O)([O-])[O-].[Al+3].[Ca+2].[O-2]. The first-order valence-corrected chi connectivity index (χ1v) is 2.00. The van der Waals surface area contributed by atoms with Crippen molar-refractivity contribution in [2.45, 2.75) is 0 Å². The normalized spacial score (nSPS) is 7.25. The van der Waals surface area contributed by atoms with E-state index >= 15 is 0 Å². The minimum Gasteiger partial charge on any atom is -2.00 e. The van der Waals surface area contributed by atoms with E-state index in [9.17, 15) is 0 Å². The zero-order valence-electron chi connectivity index (χ0n) is 3.73. The molecule has 8 heteroatoms. The van der Waals surface area contributed by atoms with Crippen LogP contribution in [-0.2, 0) is 15.9 Å². The van der Waals surface area contributed by atoms with Crippen LogP contribution in [0.2, 0.25) is 0 Å². The van der Waals surface area contributed by atoms with Gasteiger partial charge in [0.25, 0.3) is 0 Å². The Balaban J connectivity index is -0.0000000267. The Labute approximate surface area is 87.5 Å². The van der Waals surface area contributed by atoms with Gasteiger partial charge in [0.05, 0.1) is 0 Å². The molecule has 0 heterocycles. The van der Waals surface area contributed by atoms with E-state index in [0.29, 0.717) is 0 Å². The summed E-state index contributed by atoms with van der Waals surface area (Å²) in [6.45, 7) is 0. The maximum absolute atomic E-state index is 8.52. The Kier molecular flexibility index (Phi) is 24.4. The number of hydrogen-bond donors (Lipinski definition) is 0. The van der Waals surface area contributed by atoms with Crippen LogP contribution >= 0.6 is 0 Å². The molecule has 0 fully saturated rings. The van der Waals surface area contributed by atoms with E-state index in [2.05, 4.69) is 0 Å². The second kappa shape index (κ2) is 8.62. The standard InChI is InChI=1S/Al.Ca.H2O4S.O/c;;1-5(2,3)4;/h;;(H2,1,2,3,4);/q+3;+2;;-2/p-2. The van der Waals surface area contributed by atoms with Crippen LogP contribution in [0.1, 0.15) is 0 Å². The second-order valence-electron chi connectivity index (χ2n) is 0.408. The first-order chi connectivity index (χ1) is 2.00. The van der Waals surface area contributed by atoms with Gasteiger partial charge in [0.15, 0.2) is 0 Å². The van der Waals surface area contributed by atoms with Crippen molar-refractivity contribution >= 4 is 65.5 Å². The fraction of sp³-hybridized carbons (Fsp3) is 0. The van der Waals surface area contributed by atoms with Crippen LogP contribution in [0.5, 0.6) is 0 Å². The fourth-order valence-electron chi connectivity index (χ4n) is 0. The van der Waals surface area contributed by atoms with Gasteiger partial charge in [-0.2, -0.15) is 0 Å². The molecule has 0 radical (unpaired) electrons. The summed E-state index contributed by atoms with van der Waals surface area (Å²) in [5, 5.41) is 0. The third-order valence-corrected chi connectivity index (χ3v) is 0. The summed E-state index contributed by atoms with van der Waals surface area (Å²) in [5.41, 5.74) is 0. The molecular formula is AlCaO5S+. The van der Waals surface area contributed by atoms with Crippen molar-refractivity contribution in [1.29, 1.82) is 0 Å². The predicted molar refractivity (Wildman–Crippen MR) is 22.7 cm³/mol. The van der Waals surface area contributed by atoms with Gasteiger partial charge in [0.2, 0.25) is 0 Å². The maximum atomic E-state index is 8.52. The molecule has 0 rings (SSSR count). The molecule has 0 spiro atoms. The van der Waals surface area contributed by atoms with Gasteiger partial charge in [0.1, 0.15) is 0 Å². The molecule has 0 unspecified atom stereocenters. The smallest absolute Gasteiger partial charge is 2.00 e. The van der Waals surface area contributed by atoms with Gasteiger partial charge < -0.3 is 14.6 Å². The zero-order chi connectivity index (χ0) is 4.50. The summed E-state index contributed by atoms with van der Waals surface area (Å²) in [7, 11) is -5.17. The summed E-state index contributed by atoms with van der Waals surface area (Å²) in [5.74, 6) is 0. The summed E-state index contributed by atoms with van der Waals surface area (Å²) in [6.07, 6.45) is 0. The van der Waals surface area contributed by atoms with E-state index < -0.39 is 10.4 Å². The Bertz CT molecular complexity index is 95.6. The zero-order valence-corrected chi connectivity index (χ0v) is 7.91. The van der Waals surface area contributed by atoms with Gasteiger partial charge in [0, 0.05) is 10.4 Å². The fourth-order valence-corrected chi connectivity index (χ4v) is 0. The van der Waals surface area contributed by atoms with E-state index in [0.717, 1.165) is 0 Å². The second-order valence-corrected chi connectivity index (χ2v) is 1.22. The van der Waals surface area contributed by atoms with Crippen molar-refractivity contribution in [2.24, 2.45) is 0 Å². The van der Waals surface area contributed by atoms with Crippen molar-refractivity contribution in [3.05, 3.63) is 0 Å². The molecule has 5 nitrogen and oxygen atoms in total. The molecule has 8 heavy (non-hydrogen) atoms. The maximum Gasteiger partial charge on any atom is 3.00 e.